The van der Waals surface area contributed by atoms with Crippen molar-refractivity contribution in [1.29, 1.82) is 0 Å². The Morgan fingerprint density at radius 1 is 1.36 bits per heavy atom. The molecule has 22 heavy (non-hydrogen) atoms. The van der Waals surface area contributed by atoms with Gasteiger partial charge in [-0.05, 0) is 44.9 Å². The Kier molecular flexibility index (Phi) is 4.09. The van der Waals surface area contributed by atoms with Gasteiger partial charge in [0.2, 0.25) is 0 Å². The maximum absolute atomic E-state index is 12.2. The molecule has 0 unspecified atom stereocenters. The van der Waals surface area contributed by atoms with Gasteiger partial charge in [0.1, 0.15) is 5.82 Å². The third-order valence-electron chi connectivity index (χ3n) is 3.94. The van der Waals surface area contributed by atoms with Gasteiger partial charge in [0, 0.05) is 24.7 Å². The summed E-state index contributed by atoms with van der Waals surface area (Å²) in [6, 6.07) is 5.63. The largest absolute Gasteiger partial charge is 0.357 e. The molecule has 6 nitrogen and oxygen atoms in total. The van der Waals surface area contributed by atoms with Crippen LogP contribution in [-0.4, -0.2) is 34.2 Å². The maximum atomic E-state index is 12.2. The molecular formula is C16H21N5O. The first-order valence-electron chi connectivity index (χ1n) is 7.79. The van der Waals surface area contributed by atoms with Gasteiger partial charge in [-0.1, -0.05) is 0 Å². The van der Waals surface area contributed by atoms with E-state index in [0.717, 1.165) is 24.6 Å². The zero-order valence-electron chi connectivity index (χ0n) is 13.0. The molecule has 0 saturated heterocycles. The zero-order chi connectivity index (χ0) is 15.5. The fraction of sp³-hybridized carbons (Fsp3) is 0.438. The van der Waals surface area contributed by atoms with Crippen LogP contribution in [0, 0.1) is 0 Å². The van der Waals surface area contributed by atoms with Crippen LogP contribution >= 0.6 is 0 Å². The van der Waals surface area contributed by atoms with E-state index in [0.29, 0.717) is 17.3 Å². The number of hydrogen-bond donors (Lipinski definition) is 2. The Labute approximate surface area is 129 Å². The van der Waals surface area contributed by atoms with Crippen molar-refractivity contribution in [2.45, 2.75) is 32.6 Å². The van der Waals surface area contributed by atoms with Crippen molar-refractivity contribution in [2.75, 3.05) is 23.3 Å². The summed E-state index contributed by atoms with van der Waals surface area (Å²) in [7, 11) is 0. The van der Waals surface area contributed by atoms with Crippen LogP contribution in [0.4, 0.5) is 11.5 Å². The monoisotopic (exact) mass is 299 g/mol. The minimum atomic E-state index is -0.208. The molecule has 0 bridgehead atoms. The fourth-order valence-corrected chi connectivity index (χ4v) is 2.45. The molecule has 0 spiro atoms. The minimum absolute atomic E-state index is 0.208. The molecule has 2 aromatic rings. The molecule has 2 aromatic heterocycles. The number of nitrogens with zero attached hydrogens (tertiary/aromatic N) is 3. The lowest BCUT2D eigenvalue weighted by Gasteiger charge is -2.19. The Morgan fingerprint density at radius 2 is 2.14 bits per heavy atom. The molecule has 0 radical (unpaired) electrons. The highest BCUT2D eigenvalue weighted by Gasteiger charge is 2.26. The minimum Gasteiger partial charge on any atom is -0.357 e. The van der Waals surface area contributed by atoms with Crippen LogP contribution in [0.1, 0.15) is 48.8 Å². The quantitative estimate of drug-likeness (QED) is 0.860. The maximum Gasteiger partial charge on any atom is 0.276 e. The van der Waals surface area contributed by atoms with Gasteiger partial charge < -0.3 is 10.2 Å². The summed E-state index contributed by atoms with van der Waals surface area (Å²) in [6.07, 6.45) is 4.04. The number of rotatable bonds is 6. The summed E-state index contributed by atoms with van der Waals surface area (Å²) < 4.78 is 0. The van der Waals surface area contributed by atoms with E-state index in [4.69, 9.17) is 0 Å². The summed E-state index contributed by atoms with van der Waals surface area (Å²) >= 11 is 0. The van der Waals surface area contributed by atoms with Gasteiger partial charge in [-0.15, -0.1) is 0 Å². The summed E-state index contributed by atoms with van der Waals surface area (Å²) in [5.74, 6) is 1.27. The summed E-state index contributed by atoms with van der Waals surface area (Å²) in [5.41, 5.74) is 2.16. The van der Waals surface area contributed by atoms with Crippen LogP contribution in [0.25, 0.3) is 0 Å². The number of nitrogens with one attached hydrogen (secondary N) is 2. The van der Waals surface area contributed by atoms with Crippen molar-refractivity contribution < 1.29 is 4.79 Å². The predicted molar refractivity (Wildman–Crippen MR) is 86.3 cm³/mol. The van der Waals surface area contributed by atoms with E-state index >= 15 is 0 Å². The van der Waals surface area contributed by atoms with Crippen LogP contribution < -0.4 is 10.2 Å². The van der Waals surface area contributed by atoms with Gasteiger partial charge in [-0.25, -0.2) is 4.98 Å². The lowest BCUT2D eigenvalue weighted by Crippen LogP contribution is -2.22. The number of carbonyl (C=O) groups is 1. The number of aromatic amines is 1. The average molecular weight is 299 g/mol. The van der Waals surface area contributed by atoms with E-state index in [1.807, 2.05) is 18.2 Å². The number of H-pyrrole nitrogens is 1. The van der Waals surface area contributed by atoms with Crippen molar-refractivity contribution in [3.8, 4) is 0 Å². The normalized spacial score (nSPS) is 13.9. The molecule has 3 rings (SSSR count). The zero-order valence-corrected chi connectivity index (χ0v) is 13.0. The molecule has 2 N–H and O–H groups in total. The SMILES string of the molecule is CCN(CC)c1ccc(NC(=O)c2cc(C3CC3)[nH]n2)cn1. The molecule has 1 saturated carbocycles. The number of hydrogen-bond acceptors (Lipinski definition) is 4. The Morgan fingerprint density at radius 3 is 2.73 bits per heavy atom. The van der Waals surface area contributed by atoms with E-state index < -0.39 is 0 Å². The molecule has 116 valence electrons. The third kappa shape index (κ3) is 3.10. The van der Waals surface area contributed by atoms with Gasteiger partial charge >= 0.3 is 0 Å². The van der Waals surface area contributed by atoms with Crippen LogP contribution in [0.2, 0.25) is 0 Å². The number of aromatic nitrogens is 3. The van der Waals surface area contributed by atoms with Gasteiger partial charge in [-0.2, -0.15) is 5.10 Å². The molecule has 0 atom stereocenters. The standard InChI is InChI=1S/C16H21N5O/c1-3-21(4-2)15-8-7-12(10-17-15)18-16(22)14-9-13(19-20-14)11-5-6-11/h7-11H,3-6H2,1-2H3,(H,18,22)(H,19,20). The first-order chi connectivity index (χ1) is 10.7. The molecule has 6 heteroatoms. The molecule has 2 heterocycles. The highest BCUT2D eigenvalue weighted by molar-refractivity contribution is 6.02. The second-order valence-electron chi connectivity index (χ2n) is 5.51. The molecule has 1 amide bonds. The third-order valence-corrected chi connectivity index (χ3v) is 3.94. The lowest BCUT2D eigenvalue weighted by atomic mass is 10.2. The van der Waals surface area contributed by atoms with E-state index in [1.54, 1.807) is 6.20 Å². The first kappa shape index (κ1) is 14.6. The van der Waals surface area contributed by atoms with Crippen LogP contribution in [0.15, 0.2) is 24.4 Å². The molecule has 0 aromatic carbocycles. The molecule has 1 fully saturated rings. The van der Waals surface area contributed by atoms with Crippen LogP contribution in [0.5, 0.6) is 0 Å². The second kappa shape index (κ2) is 6.17. The van der Waals surface area contributed by atoms with Gasteiger partial charge in [0.15, 0.2) is 5.69 Å². The van der Waals surface area contributed by atoms with Gasteiger partial charge in [0.25, 0.3) is 5.91 Å². The topological polar surface area (TPSA) is 73.9 Å². The lowest BCUT2D eigenvalue weighted by molar-refractivity contribution is 0.102. The van der Waals surface area contributed by atoms with E-state index in [2.05, 4.69) is 39.2 Å². The number of pyridine rings is 1. The van der Waals surface area contributed by atoms with Gasteiger partial charge in [0.05, 0.1) is 11.9 Å². The van der Waals surface area contributed by atoms with Gasteiger partial charge in [-0.3, -0.25) is 9.89 Å². The first-order valence-corrected chi connectivity index (χ1v) is 7.79. The summed E-state index contributed by atoms with van der Waals surface area (Å²) in [5, 5.41) is 9.85. The van der Waals surface area contributed by atoms with Crippen molar-refractivity contribution in [3.63, 3.8) is 0 Å². The van der Waals surface area contributed by atoms with Crippen molar-refractivity contribution >= 4 is 17.4 Å². The molecule has 1 aliphatic carbocycles. The van der Waals surface area contributed by atoms with Crippen molar-refractivity contribution in [3.05, 3.63) is 35.8 Å². The molecule has 1 aliphatic rings. The second-order valence-corrected chi connectivity index (χ2v) is 5.51. The van der Waals surface area contributed by atoms with E-state index in [1.165, 1.54) is 12.8 Å². The summed E-state index contributed by atoms with van der Waals surface area (Å²) in [4.78, 5) is 18.7. The van der Waals surface area contributed by atoms with E-state index in [9.17, 15) is 4.79 Å². The van der Waals surface area contributed by atoms with Crippen LogP contribution in [0.3, 0.4) is 0 Å². The molecule has 0 aliphatic heterocycles. The average Bonchev–Trinajstić information content (AvgIpc) is 3.27. The van der Waals surface area contributed by atoms with Crippen molar-refractivity contribution in [1.82, 2.24) is 15.2 Å². The smallest absolute Gasteiger partial charge is 0.276 e. The fourth-order valence-electron chi connectivity index (χ4n) is 2.45. The highest BCUT2D eigenvalue weighted by Crippen LogP contribution is 2.39. The number of carbonyl (C=O) groups excluding carboxylic acids is 1. The number of amides is 1. The highest BCUT2D eigenvalue weighted by atomic mass is 16.1. The molecular weight excluding hydrogens is 278 g/mol. The Hall–Kier alpha value is -2.37. The van der Waals surface area contributed by atoms with E-state index in [-0.39, 0.29) is 5.91 Å². The van der Waals surface area contributed by atoms with Crippen molar-refractivity contribution in [2.24, 2.45) is 0 Å². The Balaban J connectivity index is 1.65. The Bertz CT molecular complexity index is 641. The summed E-state index contributed by atoms with van der Waals surface area (Å²) in [6.45, 7) is 6.00. The van der Waals surface area contributed by atoms with Crippen LogP contribution in [-0.2, 0) is 0 Å². The predicted octanol–water partition coefficient (Wildman–Crippen LogP) is 2.78. The number of anilines is 2.